The van der Waals surface area contributed by atoms with Crippen molar-refractivity contribution < 1.29 is 0 Å². The van der Waals surface area contributed by atoms with Crippen LogP contribution < -0.4 is 5.32 Å². The van der Waals surface area contributed by atoms with Crippen molar-refractivity contribution in [3.8, 4) is 0 Å². The van der Waals surface area contributed by atoms with Gasteiger partial charge in [0, 0.05) is 36.5 Å². The van der Waals surface area contributed by atoms with Gasteiger partial charge in [-0.2, -0.15) is 11.8 Å². The summed E-state index contributed by atoms with van der Waals surface area (Å²) in [5, 5.41) is 4.70. The van der Waals surface area contributed by atoms with E-state index >= 15 is 0 Å². The van der Waals surface area contributed by atoms with Gasteiger partial charge < -0.3 is 5.32 Å². The number of thioether (sulfide) groups is 1. The van der Waals surface area contributed by atoms with Crippen LogP contribution >= 0.6 is 11.8 Å². The smallest absolute Gasteiger partial charge is 0.0221 e. The fourth-order valence-electron chi connectivity index (χ4n) is 3.87. The van der Waals surface area contributed by atoms with Crippen molar-refractivity contribution in [2.24, 2.45) is 0 Å². The molecule has 1 aliphatic carbocycles. The van der Waals surface area contributed by atoms with E-state index in [-0.39, 0.29) is 0 Å². The lowest BCUT2D eigenvalue weighted by atomic mass is 9.90. The van der Waals surface area contributed by atoms with Crippen molar-refractivity contribution in [3.05, 3.63) is 0 Å². The summed E-state index contributed by atoms with van der Waals surface area (Å²) in [7, 11) is 0. The molecule has 0 aromatic heterocycles. The Kier molecular flexibility index (Phi) is 6.51. The fourth-order valence-corrected chi connectivity index (χ4v) is 4.61. The van der Waals surface area contributed by atoms with Crippen LogP contribution in [0.3, 0.4) is 0 Å². The Morgan fingerprint density at radius 1 is 1.16 bits per heavy atom. The maximum absolute atomic E-state index is 3.76. The topological polar surface area (TPSA) is 15.3 Å². The van der Waals surface area contributed by atoms with Crippen molar-refractivity contribution in [2.45, 2.75) is 82.2 Å². The third-order valence-corrected chi connectivity index (χ3v) is 6.23. The van der Waals surface area contributed by atoms with Gasteiger partial charge >= 0.3 is 0 Å². The molecule has 2 aliphatic rings. The van der Waals surface area contributed by atoms with E-state index in [0.717, 1.165) is 23.4 Å². The van der Waals surface area contributed by atoms with E-state index < -0.39 is 0 Å². The third kappa shape index (κ3) is 4.12. The molecule has 2 rings (SSSR count). The van der Waals surface area contributed by atoms with Crippen LogP contribution in [0.25, 0.3) is 0 Å². The monoisotopic (exact) mass is 284 g/mol. The molecule has 0 bridgehead atoms. The minimum atomic E-state index is 0.742. The second-order valence-electron chi connectivity index (χ2n) is 6.32. The number of nitrogens with zero attached hydrogens (tertiary/aromatic N) is 1. The molecule has 2 atom stereocenters. The van der Waals surface area contributed by atoms with Crippen LogP contribution in [0.15, 0.2) is 0 Å². The molecule has 2 nitrogen and oxygen atoms in total. The first-order chi connectivity index (χ1) is 9.28. The van der Waals surface area contributed by atoms with Crippen molar-refractivity contribution in [2.75, 3.05) is 19.3 Å². The summed E-state index contributed by atoms with van der Waals surface area (Å²) in [4.78, 5) is 2.87. The highest BCUT2D eigenvalue weighted by Crippen LogP contribution is 2.31. The van der Waals surface area contributed by atoms with E-state index in [4.69, 9.17) is 0 Å². The number of hydrogen-bond donors (Lipinski definition) is 1. The van der Waals surface area contributed by atoms with E-state index in [2.05, 4.69) is 42.1 Å². The van der Waals surface area contributed by atoms with Crippen LogP contribution in [-0.2, 0) is 0 Å². The van der Waals surface area contributed by atoms with E-state index in [1.54, 1.807) is 0 Å². The molecule has 0 spiro atoms. The molecule has 0 radical (unpaired) electrons. The van der Waals surface area contributed by atoms with Crippen molar-refractivity contribution in [1.82, 2.24) is 10.2 Å². The Balaban J connectivity index is 1.90. The maximum Gasteiger partial charge on any atom is 0.0221 e. The highest BCUT2D eigenvalue weighted by Gasteiger charge is 2.33. The third-order valence-electron chi connectivity index (χ3n) is 5.10. The van der Waals surface area contributed by atoms with E-state index in [1.165, 1.54) is 58.0 Å². The largest absolute Gasteiger partial charge is 0.311 e. The lowest BCUT2D eigenvalue weighted by Gasteiger charge is -2.46. The van der Waals surface area contributed by atoms with Gasteiger partial charge in [-0.3, -0.25) is 4.90 Å². The molecular weight excluding hydrogens is 252 g/mol. The number of piperazine rings is 1. The highest BCUT2D eigenvalue weighted by atomic mass is 32.2. The molecule has 1 heterocycles. The summed E-state index contributed by atoms with van der Waals surface area (Å²) in [6, 6.07) is 2.39. The molecule has 0 amide bonds. The van der Waals surface area contributed by atoms with Gasteiger partial charge in [0.15, 0.2) is 0 Å². The predicted molar refractivity (Wildman–Crippen MR) is 87.0 cm³/mol. The van der Waals surface area contributed by atoms with E-state index in [0.29, 0.717) is 0 Å². The second-order valence-corrected chi connectivity index (χ2v) is 7.46. The van der Waals surface area contributed by atoms with Crippen LogP contribution in [0.2, 0.25) is 0 Å². The summed E-state index contributed by atoms with van der Waals surface area (Å²) in [5.41, 5.74) is 0. The number of hydrogen-bond acceptors (Lipinski definition) is 3. The zero-order valence-corrected chi connectivity index (χ0v) is 13.8. The summed E-state index contributed by atoms with van der Waals surface area (Å²) in [5.74, 6) is 0. The highest BCUT2D eigenvalue weighted by molar-refractivity contribution is 7.99. The average Bonchev–Trinajstić information content (AvgIpc) is 2.47. The summed E-state index contributed by atoms with van der Waals surface area (Å²) >= 11 is 2.08. The zero-order chi connectivity index (χ0) is 13.7. The normalized spacial score (nSPS) is 37.4. The van der Waals surface area contributed by atoms with Crippen LogP contribution in [0.5, 0.6) is 0 Å². The van der Waals surface area contributed by atoms with Crippen molar-refractivity contribution in [1.29, 1.82) is 0 Å². The SMILES string of the molecule is CCCC1CN(C2CCC(SC)CC2)C(CC)CN1. The Morgan fingerprint density at radius 3 is 2.47 bits per heavy atom. The Hall–Kier alpha value is 0.270. The molecule has 1 aliphatic heterocycles. The van der Waals surface area contributed by atoms with Crippen LogP contribution in [0, 0.1) is 0 Å². The minimum Gasteiger partial charge on any atom is -0.311 e. The van der Waals surface area contributed by atoms with Crippen molar-refractivity contribution >= 4 is 11.8 Å². The molecule has 112 valence electrons. The lowest BCUT2D eigenvalue weighted by molar-refractivity contribution is 0.0584. The number of rotatable bonds is 5. The first-order valence-corrected chi connectivity index (χ1v) is 9.59. The average molecular weight is 285 g/mol. The maximum atomic E-state index is 3.76. The fraction of sp³-hybridized carbons (Fsp3) is 1.00. The standard InChI is InChI=1S/C16H32N2S/c1-4-6-13-12-18(14(5-2)11-17-13)15-7-9-16(19-3)10-8-15/h13-17H,4-12H2,1-3H3. The summed E-state index contributed by atoms with van der Waals surface area (Å²) < 4.78 is 0. The first kappa shape index (κ1) is 15.7. The molecule has 1 saturated carbocycles. The van der Waals surface area contributed by atoms with E-state index in [9.17, 15) is 0 Å². The molecule has 3 heteroatoms. The van der Waals surface area contributed by atoms with Gasteiger partial charge in [-0.25, -0.2) is 0 Å². The molecule has 0 aromatic rings. The Morgan fingerprint density at radius 2 is 1.89 bits per heavy atom. The molecule has 0 aromatic carbocycles. The predicted octanol–water partition coefficient (Wildman–Crippen LogP) is 3.51. The summed E-state index contributed by atoms with van der Waals surface area (Å²) in [6.45, 7) is 7.17. The van der Waals surface area contributed by atoms with Gasteiger partial charge in [0.25, 0.3) is 0 Å². The van der Waals surface area contributed by atoms with Gasteiger partial charge in [-0.1, -0.05) is 20.3 Å². The molecule has 2 unspecified atom stereocenters. The van der Waals surface area contributed by atoms with E-state index in [1.807, 2.05) is 0 Å². The lowest BCUT2D eigenvalue weighted by Crippen LogP contribution is -2.59. The van der Waals surface area contributed by atoms with Gasteiger partial charge in [0.2, 0.25) is 0 Å². The molecule has 19 heavy (non-hydrogen) atoms. The second kappa shape index (κ2) is 7.90. The Labute approximate surface area is 124 Å². The molecular formula is C16H32N2S. The molecule has 2 fully saturated rings. The van der Waals surface area contributed by atoms with Crippen LogP contribution in [0.1, 0.15) is 58.8 Å². The molecule has 1 N–H and O–H groups in total. The first-order valence-electron chi connectivity index (χ1n) is 8.30. The van der Waals surface area contributed by atoms with Crippen LogP contribution in [0.4, 0.5) is 0 Å². The minimum absolute atomic E-state index is 0.742. The van der Waals surface area contributed by atoms with Crippen molar-refractivity contribution in [3.63, 3.8) is 0 Å². The number of nitrogens with one attached hydrogen (secondary N) is 1. The van der Waals surface area contributed by atoms with Gasteiger partial charge in [-0.05, 0) is 44.8 Å². The molecule has 1 saturated heterocycles. The Bertz CT molecular complexity index is 251. The summed E-state index contributed by atoms with van der Waals surface area (Å²) in [6.07, 6.45) is 12.0. The zero-order valence-electron chi connectivity index (χ0n) is 13.0. The van der Waals surface area contributed by atoms with Gasteiger partial charge in [0.05, 0.1) is 0 Å². The van der Waals surface area contributed by atoms with Gasteiger partial charge in [0.1, 0.15) is 0 Å². The van der Waals surface area contributed by atoms with Crippen LogP contribution in [-0.4, -0.2) is 47.6 Å². The quantitative estimate of drug-likeness (QED) is 0.831. The van der Waals surface area contributed by atoms with Gasteiger partial charge in [-0.15, -0.1) is 0 Å².